The van der Waals surface area contributed by atoms with E-state index in [1.807, 2.05) is 0 Å². The molecule has 1 aliphatic carbocycles. The normalized spacial score (nSPS) is 57.3. The molecule has 35 heavy (non-hydrogen) atoms. The summed E-state index contributed by atoms with van der Waals surface area (Å²) in [4.78, 5) is 0. The molecular formula is C20H30O15. The molecule has 1 saturated carbocycles. The third-order valence-corrected chi connectivity index (χ3v) is 7.31. The van der Waals surface area contributed by atoms with Gasteiger partial charge in [0.05, 0.1) is 31.5 Å². The summed E-state index contributed by atoms with van der Waals surface area (Å²) in [6, 6.07) is 0. The number of hydrogen-bond donors (Lipinski definition) is 9. The molecule has 15 nitrogen and oxygen atoms in total. The molecule has 5 rings (SSSR count). The zero-order chi connectivity index (χ0) is 25.2. The maximum Gasteiger partial charge on any atom is 0.210 e. The minimum atomic E-state index is -1.81. The summed E-state index contributed by atoms with van der Waals surface area (Å²) < 4.78 is 32.8. The second kappa shape index (κ2) is 9.38. The summed E-state index contributed by atoms with van der Waals surface area (Å²) >= 11 is 0. The first-order chi connectivity index (χ1) is 16.6. The van der Waals surface area contributed by atoms with Crippen LogP contribution in [0.5, 0.6) is 0 Å². The number of aliphatic hydroxyl groups excluding tert-OH is 8. The fourth-order valence-corrected chi connectivity index (χ4v) is 5.21. The van der Waals surface area contributed by atoms with Crippen molar-refractivity contribution >= 4 is 0 Å². The first-order valence-corrected chi connectivity index (χ1v) is 11.2. The summed E-state index contributed by atoms with van der Waals surface area (Å²) in [5.74, 6) is -0.882. The molecule has 0 aromatic rings. The molecule has 4 aliphatic heterocycles. The van der Waals surface area contributed by atoms with E-state index in [1.165, 1.54) is 6.08 Å². The van der Waals surface area contributed by atoms with E-state index in [1.54, 1.807) is 0 Å². The molecule has 15 heteroatoms. The van der Waals surface area contributed by atoms with Gasteiger partial charge >= 0.3 is 0 Å². The zero-order valence-electron chi connectivity index (χ0n) is 18.2. The molecule has 0 spiro atoms. The Bertz CT molecular complexity index is 796. The molecule has 0 radical (unpaired) electrons. The maximum absolute atomic E-state index is 10.9. The van der Waals surface area contributed by atoms with Crippen molar-refractivity contribution in [2.24, 2.45) is 5.92 Å². The second-order valence-corrected chi connectivity index (χ2v) is 9.37. The Labute approximate surface area is 198 Å². The highest BCUT2D eigenvalue weighted by Gasteiger charge is 2.72. The fourth-order valence-electron chi connectivity index (χ4n) is 5.21. The van der Waals surface area contributed by atoms with Crippen LogP contribution in [0.4, 0.5) is 0 Å². The third kappa shape index (κ3) is 4.09. The Morgan fingerprint density at radius 1 is 0.686 bits per heavy atom. The lowest BCUT2D eigenvalue weighted by Gasteiger charge is -2.47. The van der Waals surface area contributed by atoms with Gasteiger partial charge in [0.2, 0.25) is 6.29 Å². The van der Waals surface area contributed by atoms with Gasteiger partial charge in [0.1, 0.15) is 66.6 Å². The van der Waals surface area contributed by atoms with Gasteiger partial charge in [0.25, 0.3) is 0 Å². The van der Waals surface area contributed by atoms with Crippen LogP contribution in [0.3, 0.4) is 0 Å². The fraction of sp³-hybridized carbons (Fsp3) is 0.900. The average molecular weight is 510 g/mol. The first kappa shape index (κ1) is 25.6. The molecule has 0 aromatic heterocycles. The highest BCUT2D eigenvalue weighted by atomic mass is 16.8. The van der Waals surface area contributed by atoms with Crippen LogP contribution in [0.1, 0.15) is 0 Å². The molecule has 0 aromatic carbocycles. The highest BCUT2D eigenvalue weighted by Crippen LogP contribution is 2.53. The summed E-state index contributed by atoms with van der Waals surface area (Å²) in [5.41, 5.74) is -1.71. The van der Waals surface area contributed by atoms with Crippen LogP contribution in [0.15, 0.2) is 12.3 Å². The Hall–Kier alpha value is -1.02. The Balaban J connectivity index is 1.32. The van der Waals surface area contributed by atoms with Gasteiger partial charge in [0, 0.05) is 0 Å². The summed E-state index contributed by atoms with van der Waals surface area (Å²) in [6.45, 7) is -1.45. The Morgan fingerprint density at radius 3 is 1.97 bits per heavy atom. The Kier molecular flexibility index (Phi) is 6.86. The number of fused-ring (bicyclic) bond motifs is 3. The van der Waals surface area contributed by atoms with Gasteiger partial charge in [0.15, 0.2) is 12.6 Å². The van der Waals surface area contributed by atoms with E-state index in [4.69, 9.17) is 28.4 Å². The maximum atomic E-state index is 10.9. The van der Waals surface area contributed by atoms with Crippen LogP contribution in [0, 0.1) is 5.92 Å². The lowest BCUT2D eigenvalue weighted by Crippen LogP contribution is -2.65. The first-order valence-electron chi connectivity index (χ1n) is 11.2. The number of ether oxygens (including phenoxy) is 6. The van der Waals surface area contributed by atoms with E-state index in [9.17, 15) is 46.0 Å². The van der Waals surface area contributed by atoms with Crippen LogP contribution in [-0.2, 0) is 28.4 Å². The van der Waals surface area contributed by atoms with E-state index in [0.717, 1.165) is 6.26 Å². The molecule has 5 aliphatic rings. The molecule has 3 saturated heterocycles. The standard InChI is InChI=1S/C20H30O15/c21-3-5-8(23)10(25)11(26)18(31-5)34-14-9(24)6(4-22)32-19(12(14)27)35-17-7-13-15(33-13)16(28)20(7,29)1-2-30-17/h1-2,5-19,21-29H,3-4H2/t5-,6-,7+,8-,9-,10-,11-,12-,13+,14-,15+,16-,17+,18+,19+,20+/m1/s1. The molecule has 0 unspecified atom stereocenters. The van der Waals surface area contributed by atoms with E-state index >= 15 is 0 Å². The molecule has 9 N–H and O–H groups in total. The third-order valence-electron chi connectivity index (χ3n) is 7.31. The topological polar surface area (TPSA) is 241 Å². The number of epoxide rings is 1. The van der Waals surface area contributed by atoms with Gasteiger partial charge < -0.3 is 74.4 Å². The monoisotopic (exact) mass is 510 g/mol. The van der Waals surface area contributed by atoms with Crippen molar-refractivity contribution in [1.82, 2.24) is 0 Å². The van der Waals surface area contributed by atoms with Crippen molar-refractivity contribution in [1.29, 1.82) is 0 Å². The quantitative estimate of drug-likeness (QED) is 0.151. The second-order valence-electron chi connectivity index (χ2n) is 9.37. The molecule has 0 amide bonds. The summed E-state index contributed by atoms with van der Waals surface area (Å²) in [5, 5.41) is 91.9. The highest BCUT2D eigenvalue weighted by molar-refractivity contribution is 5.25. The zero-order valence-corrected chi connectivity index (χ0v) is 18.2. The lowest BCUT2D eigenvalue weighted by atomic mass is 9.86. The smallest absolute Gasteiger partial charge is 0.210 e. The van der Waals surface area contributed by atoms with Gasteiger partial charge in [-0.15, -0.1) is 0 Å². The SMILES string of the molecule is OC[C@H]1O[C@@H](O[C@H]2[C@@H](O)[C@H](O[C@@H]3OC=C[C@]4(O)[C@H]3[C@@H]3O[C@@H]3[C@H]4O)O[C@H](CO)[C@H]2O)[C@H](O)[C@H](O)[C@@H]1O. The number of aliphatic hydroxyl groups is 9. The average Bonchev–Trinajstić information content (AvgIpc) is 3.58. The van der Waals surface area contributed by atoms with Gasteiger partial charge in [-0.1, -0.05) is 0 Å². The minimum Gasteiger partial charge on any atom is -0.472 e. The van der Waals surface area contributed by atoms with Crippen LogP contribution >= 0.6 is 0 Å². The van der Waals surface area contributed by atoms with E-state index in [2.05, 4.69) is 0 Å². The van der Waals surface area contributed by atoms with Crippen molar-refractivity contribution in [3.8, 4) is 0 Å². The number of hydrogen-bond acceptors (Lipinski definition) is 15. The molecular weight excluding hydrogens is 480 g/mol. The minimum absolute atomic E-state index is 0.578. The Morgan fingerprint density at radius 2 is 1.31 bits per heavy atom. The predicted octanol–water partition coefficient (Wildman–Crippen LogP) is -6.01. The van der Waals surface area contributed by atoms with Crippen molar-refractivity contribution in [3.05, 3.63) is 12.3 Å². The van der Waals surface area contributed by atoms with E-state index < -0.39 is 111 Å². The van der Waals surface area contributed by atoms with Crippen LogP contribution in [0.2, 0.25) is 0 Å². The summed E-state index contributed by atoms with van der Waals surface area (Å²) in [7, 11) is 0. The molecule has 16 atom stereocenters. The van der Waals surface area contributed by atoms with Crippen molar-refractivity contribution in [2.45, 2.75) is 91.6 Å². The van der Waals surface area contributed by atoms with Crippen molar-refractivity contribution in [3.63, 3.8) is 0 Å². The van der Waals surface area contributed by atoms with Gasteiger partial charge in [-0.25, -0.2) is 0 Å². The molecule has 4 fully saturated rings. The van der Waals surface area contributed by atoms with Crippen LogP contribution < -0.4 is 0 Å². The lowest BCUT2D eigenvalue weighted by molar-refractivity contribution is -0.378. The molecule has 0 bridgehead atoms. The van der Waals surface area contributed by atoms with Crippen LogP contribution in [0.25, 0.3) is 0 Å². The van der Waals surface area contributed by atoms with Crippen molar-refractivity contribution in [2.75, 3.05) is 13.2 Å². The van der Waals surface area contributed by atoms with Gasteiger partial charge in [-0.2, -0.15) is 0 Å². The molecule has 4 heterocycles. The summed E-state index contributed by atoms with van der Waals surface area (Å²) in [6.07, 6.45) is -17.5. The van der Waals surface area contributed by atoms with E-state index in [-0.39, 0.29) is 0 Å². The molecule has 200 valence electrons. The van der Waals surface area contributed by atoms with E-state index in [0.29, 0.717) is 0 Å². The van der Waals surface area contributed by atoms with Gasteiger partial charge in [-0.3, -0.25) is 0 Å². The largest absolute Gasteiger partial charge is 0.472 e. The predicted molar refractivity (Wildman–Crippen MR) is 105 cm³/mol. The number of rotatable bonds is 6. The van der Waals surface area contributed by atoms with Gasteiger partial charge in [-0.05, 0) is 6.08 Å². The van der Waals surface area contributed by atoms with Crippen molar-refractivity contribution < 1.29 is 74.4 Å². The van der Waals surface area contributed by atoms with Crippen LogP contribution in [-0.4, -0.2) is 151 Å².